The van der Waals surface area contributed by atoms with Gasteiger partial charge in [-0.2, -0.15) is 0 Å². The van der Waals surface area contributed by atoms with E-state index in [1.165, 1.54) is 6.26 Å². The van der Waals surface area contributed by atoms with Crippen LogP contribution < -0.4 is 10.6 Å². The van der Waals surface area contributed by atoms with Crippen molar-refractivity contribution in [3.8, 4) is 0 Å². The van der Waals surface area contributed by atoms with Crippen molar-refractivity contribution in [3.05, 3.63) is 0 Å². The van der Waals surface area contributed by atoms with E-state index < -0.39 is 15.4 Å². The summed E-state index contributed by atoms with van der Waals surface area (Å²) in [6, 6.07) is 0.448. The van der Waals surface area contributed by atoms with Crippen molar-refractivity contribution in [2.24, 2.45) is 0 Å². The van der Waals surface area contributed by atoms with Crippen LogP contribution in [0.5, 0.6) is 0 Å². The van der Waals surface area contributed by atoms with Gasteiger partial charge in [-0.05, 0) is 59.4 Å². The number of carbonyl (C=O) groups excluding carboxylic acids is 1. The van der Waals surface area contributed by atoms with Gasteiger partial charge in [-0.3, -0.25) is 0 Å². The molecule has 2 unspecified atom stereocenters. The van der Waals surface area contributed by atoms with Crippen LogP contribution in [0.2, 0.25) is 0 Å². The summed E-state index contributed by atoms with van der Waals surface area (Å²) in [5.74, 6) is 0.215. The first kappa shape index (κ1) is 19.2. The Labute approximate surface area is 134 Å². The predicted octanol–water partition coefficient (Wildman–Crippen LogP) is 1.85. The summed E-state index contributed by atoms with van der Waals surface area (Å²) in [6.45, 7) is 6.23. The van der Waals surface area contributed by atoms with Crippen molar-refractivity contribution >= 4 is 15.9 Å². The monoisotopic (exact) mass is 334 g/mol. The SMILES string of the molecule is CC(C)(C)OC(=O)NC1CCCC(NCCCS(C)(=O)=O)C1. The van der Waals surface area contributed by atoms with Crippen molar-refractivity contribution in [1.29, 1.82) is 0 Å². The normalized spacial score (nSPS) is 23.1. The molecular weight excluding hydrogens is 304 g/mol. The first-order valence-electron chi connectivity index (χ1n) is 7.96. The lowest BCUT2D eigenvalue weighted by molar-refractivity contribution is 0.0488. The first-order chi connectivity index (χ1) is 10.1. The smallest absolute Gasteiger partial charge is 0.407 e. The maximum Gasteiger partial charge on any atom is 0.407 e. The molecular formula is C15H30N2O4S. The van der Waals surface area contributed by atoms with Crippen molar-refractivity contribution in [2.75, 3.05) is 18.6 Å². The molecule has 0 bridgehead atoms. The van der Waals surface area contributed by atoms with E-state index in [-0.39, 0.29) is 17.9 Å². The number of sulfone groups is 1. The lowest BCUT2D eigenvalue weighted by atomic mass is 9.91. The number of ether oxygens (including phenoxy) is 1. The average Bonchev–Trinajstić information content (AvgIpc) is 2.31. The van der Waals surface area contributed by atoms with Crippen LogP contribution >= 0.6 is 0 Å². The van der Waals surface area contributed by atoms with Crippen LogP contribution in [0.4, 0.5) is 4.79 Å². The Bertz CT molecular complexity index is 457. The molecule has 1 fully saturated rings. The molecule has 1 rings (SSSR count). The largest absolute Gasteiger partial charge is 0.444 e. The predicted molar refractivity (Wildman–Crippen MR) is 87.7 cm³/mol. The van der Waals surface area contributed by atoms with Gasteiger partial charge in [0, 0.05) is 18.3 Å². The molecule has 6 nitrogen and oxygen atoms in total. The molecule has 22 heavy (non-hydrogen) atoms. The summed E-state index contributed by atoms with van der Waals surface area (Å²) < 4.78 is 27.4. The number of carbonyl (C=O) groups is 1. The van der Waals surface area contributed by atoms with Gasteiger partial charge in [0.1, 0.15) is 15.4 Å². The summed E-state index contributed by atoms with van der Waals surface area (Å²) in [7, 11) is -2.88. The zero-order valence-corrected chi connectivity index (χ0v) is 15.0. The fourth-order valence-corrected chi connectivity index (χ4v) is 3.29. The quantitative estimate of drug-likeness (QED) is 0.724. The summed E-state index contributed by atoms with van der Waals surface area (Å²) in [6.07, 6.45) is 5.44. The van der Waals surface area contributed by atoms with Crippen molar-refractivity contribution in [1.82, 2.24) is 10.6 Å². The van der Waals surface area contributed by atoms with Gasteiger partial charge in [0.15, 0.2) is 0 Å². The Hall–Kier alpha value is -0.820. The number of amides is 1. The zero-order valence-electron chi connectivity index (χ0n) is 14.1. The standard InChI is InChI=1S/C15H30N2O4S/c1-15(2,3)21-14(18)17-13-8-5-7-12(11-13)16-9-6-10-22(4,19)20/h12-13,16H,5-11H2,1-4H3,(H,17,18). The van der Waals surface area contributed by atoms with E-state index in [1.54, 1.807) is 0 Å². The molecule has 1 amide bonds. The maximum atomic E-state index is 11.8. The molecule has 130 valence electrons. The highest BCUT2D eigenvalue weighted by molar-refractivity contribution is 7.90. The molecule has 7 heteroatoms. The molecule has 0 aromatic heterocycles. The van der Waals surface area contributed by atoms with Crippen LogP contribution in [0.15, 0.2) is 0 Å². The summed E-state index contributed by atoms with van der Waals surface area (Å²) in [5.41, 5.74) is -0.484. The van der Waals surface area contributed by atoms with Gasteiger partial charge in [0.2, 0.25) is 0 Å². The lowest BCUT2D eigenvalue weighted by Crippen LogP contribution is -2.45. The van der Waals surface area contributed by atoms with Gasteiger partial charge in [0.05, 0.1) is 5.75 Å². The minimum atomic E-state index is -2.88. The molecule has 0 spiro atoms. The summed E-state index contributed by atoms with van der Waals surface area (Å²) >= 11 is 0. The van der Waals surface area contributed by atoms with Gasteiger partial charge in [-0.15, -0.1) is 0 Å². The van der Waals surface area contributed by atoms with E-state index in [0.717, 1.165) is 25.7 Å². The van der Waals surface area contributed by atoms with Crippen LogP contribution in [-0.4, -0.2) is 50.7 Å². The second-order valence-corrected chi connectivity index (χ2v) is 9.40. The van der Waals surface area contributed by atoms with Crippen LogP contribution in [-0.2, 0) is 14.6 Å². The molecule has 0 heterocycles. The third-order valence-electron chi connectivity index (χ3n) is 3.52. The minimum absolute atomic E-state index is 0.121. The van der Waals surface area contributed by atoms with Gasteiger partial charge >= 0.3 is 6.09 Å². The molecule has 2 N–H and O–H groups in total. The Morgan fingerprint density at radius 2 is 1.86 bits per heavy atom. The molecule has 0 saturated heterocycles. The topological polar surface area (TPSA) is 84.5 Å². The molecule has 0 aliphatic heterocycles. The van der Waals surface area contributed by atoms with Gasteiger partial charge < -0.3 is 15.4 Å². The average molecular weight is 334 g/mol. The van der Waals surface area contributed by atoms with Gasteiger partial charge in [0.25, 0.3) is 0 Å². The molecule has 1 saturated carbocycles. The maximum absolute atomic E-state index is 11.8. The Morgan fingerprint density at radius 3 is 2.45 bits per heavy atom. The van der Waals surface area contributed by atoms with E-state index in [9.17, 15) is 13.2 Å². The lowest BCUT2D eigenvalue weighted by Gasteiger charge is -2.31. The number of rotatable bonds is 6. The Balaban J connectivity index is 2.28. The molecule has 0 radical (unpaired) electrons. The minimum Gasteiger partial charge on any atom is -0.444 e. The molecule has 1 aliphatic rings. The van der Waals surface area contributed by atoms with E-state index in [0.29, 0.717) is 19.0 Å². The van der Waals surface area contributed by atoms with Crippen LogP contribution in [0, 0.1) is 0 Å². The van der Waals surface area contributed by atoms with E-state index >= 15 is 0 Å². The third-order valence-corrected chi connectivity index (χ3v) is 4.55. The number of hydrogen-bond acceptors (Lipinski definition) is 5. The van der Waals surface area contributed by atoms with Crippen LogP contribution in [0.25, 0.3) is 0 Å². The highest BCUT2D eigenvalue weighted by Crippen LogP contribution is 2.19. The highest BCUT2D eigenvalue weighted by atomic mass is 32.2. The van der Waals surface area contributed by atoms with Crippen molar-refractivity contribution in [2.45, 2.75) is 70.6 Å². The van der Waals surface area contributed by atoms with Crippen molar-refractivity contribution < 1.29 is 17.9 Å². The highest BCUT2D eigenvalue weighted by Gasteiger charge is 2.25. The fourth-order valence-electron chi connectivity index (χ4n) is 2.62. The number of alkyl carbamates (subject to hydrolysis) is 1. The number of hydrogen-bond donors (Lipinski definition) is 2. The van der Waals surface area contributed by atoms with Gasteiger partial charge in [-0.1, -0.05) is 0 Å². The third kappa shape index (κ3) is 9.25. The number of nitrogens with one attached hydrogen (secondary N) is 2. The Morgan fingerprint density at radius 1 is 1.23 bits per heavy atom. The van der Waals surface area contributed by atoms with E-state index in [4.69, 9.17) is 4.74 Å². The molecule has 1 aliphatic carbocycles. The zero-order chi connectivity index (χ0) is 16.8. The first-order valence-corrected chi connectivity index (χ1v) is 10.0. The van der Waals surface area contributed by atoms with E-state index in [1.807, 2.05) is 20.8 Å². The van der Waals surface area contributed by atoms with Gasteiger partial charge in [-0.25, -0.2) is 13.2 Å². The summed E-state index contributed by atoms with van der Waals surface area (Å²) in [4.78, 5) is 11.8. The molecule has 0 aromatic rings. The van der Waals surface area contributed by atoms with Crippen LogP contribution in [0.3, 0.4) is 0 Å². The molecule has 0 aromatic carbocycles. The van der Waals surface area contributed by atoms with Crippen molar-refractivity contribution in [3.63, 3.8) is 0 Å². The second kappa shape index (κ2) is 8.15. The summed E-state index contributed by atoms with van der Waals surface area (Å²) in [5, 5.41) is 6.31. The van der Waals surface area contributed by atoms with E-state index in [2.05, 4.69) is 10.6 Å². The molecule has 2 atom stereocenters. The Kier molecular flexibility index (Phi) is 7.12. The second-order valence-electron chi connectivity index (χ2n) is 7.14. The van der Waals surface area contributed by atoms with Crippen LogP contribution in [0.1, 0.15) is 52.9 Å². The fraction of sp³-hybridized carbons (Fsp3) is 0.933.